The Morgan fingerprint density at radius 1 is 1.00 bits per heavy atom. The minimum Gasteiger partial charge on any atom is -0.353 e. The number of carbonyl (C=O) groups excluding carboxylic acids is 3. The fourth-order valence-corrected chi connectivity index (χ4v) is 6.10. The van der Waals surface area contributed by atoms with Crippen LogP contribution in [0.25, 0.3) is 11.3 Å². The predicted octanol–water partition coefficient (Wildman–Crippen LogP) is 5.49. The summed E-state index contributed by atoms with van der Waals surface area (Å²) < 4.78 is 71.2. The fraction of sp³-hybridized carbons (Fsp3) is 0.600. The van der Waals surface area contributed by atoms with Crippen LogP contribution < -0.4 is 10.6 Å². The molecule has 2 N–H and O–H groups in total. The average molecular weight is 610 g/mol. The van der Waals surface area contributed by atoms with Crippen LogP contribution in [-0.2, 0) is 15.8 Å². The molecule has 0 unspecified atom stereocenters. The van der Waals surface area contributed by atoms with Gasteiger partial charge >= 0.3 is 6.18 Å². The Kier molecular flexibility index (Phi) is 9.07. The SMILES string of the molecule is O=C(C[C@H](CC(=O)N1CCCC(F)(F)C1)NC(=O)c1cc(-c2ccccc2C(F)(F)F)n(C2CCCC2)n1)NC1CCC1. The minimum absolute atomic E-state index is 0.0127. The highest BCUT2D eigenvalue weighted by atomic mass is 19.4. The summed E-state index contributed by atoms with van der Waals surface area (Å²) in [6.45, 7) is -0.578. The van der Waals surface area contributed by atoms with Gasteiger partial charge in [0.15, 0.2) is 5.69 Å². The van der Waals surface area contributed by atoms with Crippen molar-refractivity contribution < 1.29 is 36.3 Å². The summed E-state index contributed by atoms with van der Waals surface area (Å²) in [5.41, 5.74) is -0.960. The molecule has 5 rings (SSSR count). The zero-order chi connectivity index (χ0) is 30.8. The number of nitrogens with one attached hydrogen (secondary N) is 2. The van der Waals surface area contributed by atoms with Crippen molar-refractivity contribution in [2.24, 2.45) is 0 Å². The summed E-state index contributed by atoms with van der Waals surface area (Å²) >= 11 is 0. The number of piperidine rings is 1. The van der Waals surface area contributed by atoms with Crippen LogP contribution in [0.5, 0.6) is 0 Å². The molecule has 3 amide bonds. The van der Waals surface area contributed by atoms with E-state index in [1.807, 2.05) is 0 Å². The fourth-order valence-electron chi connectivity index (χ4n) is 6.10. The highest BCUT2D eigenvalue weighted by Gasteiger charge is 2.38. The maximum atomic E-state index is 14.0. The topological polar surface area (TPSA) is 96.3 Å². The number of hydrogen-bond donors (Lipinski definition) is 2. The van der Waals surface area contributed by atoms with E-state index in [0.717, 1.165) is 43.1 Å². The van der Waals surface area contributed by atoms with Gasteiger partial charge in [0.2, 0.25) is 11.8 Å². The Hall–Kier alpha value is -3.51. The molecule has 43 heavy (non-hydrogen) atoms. The van der Waals surface area contributed by atoms with Crippen LogP contribution in [0.3, 0.4) is 0 Å². The number of benzene rings is 1. The number of aromatic nitrogens is 2. The van der Waals surface area contributed by atoms with Gasteiger partial charge in [-0.3, -0.25) is 19.1 Å². The minimum atomic E-state index is -4.63. The molecular formula is C30H36F5N5O3. The van der Waals surface area contributed by atoms with Crippen LogP contribution >= 0.6 is 0 Å². The molecule has 1 aliphatic heterocycles. The first-order valence-electron chi connectivity index (χ1n) is 14.9. The number of hydrogen-bond acceptors (Lipinski definition) is 4. The van der Waals surface area contributed by atoms with Gasteiger partial charge in [0.25, 0.3) is 11.8 Å². The third-order valence-electron chi connectivity index (χ3n) is 8.55. The van der Waals surface area contributed by atoms with Crippen molar-refractivity contribution in [2.45, 2.75) is 101 Å². The number of halogens is 5. The molecule has 13 heteroatoms. The van der Waals surface area contributed by atoms with E-state index in [4.69, 9.17) is 0 Å². The summed E-state index contributed by atoms with van der Waals surface area (Å²) in [5.74, 6) is -4.77. The molecule has 2 heterocycles. The van der Waals surface area contributed by atoms with Crippen molar-refractivity contribution in [3.63, 3.8) is 0 Å². The quantitative estimate of drug-likeness (QED) is 0.368. The number of carbonyl (C=O) groups is 3. The Labute approximate surface area is 246 Å². The molecule has 1 saturated heterocycles. The first kappa shape index (κ1) is 30.9. The molecule has 2 aliphatic carbocycles. The monoisotopic (exact) mass is 609 g/mol. The van der Waals surface area contributed by atoms with Crippen molar-refractivity contribution in [3.8, 4) is 11.3 Å². The van der Waals surface area contributed by atoms with Crippen molar-refractivity contribution in [1.29, 1.82) is 0 Å². The standard InChI is InChI=1S/C30H36F5N5O3/c31-29(32)13-6-14-39(18-29)27(42)16-20(15-26(41)36-19-7-5-8-19)37-28(43)24-17-25(40(38-24)21-9-1-2-10-21)22-11-3-4-12-23(22)30(33,34)35/h3-4,11-12,17,19-21H,1-2,5-10,13-16,18H2,(H,36,41)(H,37,43)/t20-/m1/s1. The van der Waals surface area contributed by atoms with E-state index in [0.29, 0.717) is 12.8 Å². The molecule has 0 bridgehead atoms. The average Bonchev–Trinajstić information content (AvgIpc) is 3.60. The predicted molar refractivity (Wildman–Crippen MR) is 147 cm³/mol. The van der Waals surface area contributed by atoms with E-state index in [1.54, 1.807) is 0 Å². The Morgan fingerprint density at radius 3 is 2.37 bits per heavy atom. The van der Waals surface area contributed by atoms with Crippen LogP contribution in [0.15, 0.2) is 30.3 Å². The van der Waals surface area contributed by atoms with Gasteiger partial charge in [-0.1, -0.05) is 31.0 Å². The van der Waals surface area contributed by atoms with Gasteiger partial charge in [-0.15, -0.1) is 0 Å². The largest absolute Gasteiger partial charge is 0.417 e. The third-order valence-corrected chi connectivity index (χ3v) is 8.55. The van der Waals surface area contributed by atoms with Crippen LogP contribution in [0, 0.1) is 0 Å². The van der Waals surface area contributed by atoms with E-state index in [1.165, 1.54) is 28.9 Å². The number of nitrogens with zero attached hydrogens (tertiary/aromatic N) is 3. The zero-order valence-electron chi connectivity index (χ0n) is 23.8. The van der Waals surface area contributed by atoms with E-state index in [-0.39, 0.29) is 67.2 Å². The summed E-state index contributed by atoms with van der Waals surface area (Å²) in [6, 6.07) is 5.20. The maximum absolute atomic E-state index is 14.0. The lowest BCUT2D eigenvalue weighted by atomic mass is 9.93. The summed E-state index contributed by atoms with van der Waals surface area (Å²) in [6.07, 6.45) is 0.332. The van der Waals surface area contributed by atoms with Gasteiger partial charge in [-0.05, 0) is 50.7 Å². The summed E-state index contributed by atoms with van der Waals surface area (Å²) in [7, 11) is 0. The van der Waals surface area contributed by atoms with Gasteiger partial charge in [0.05, 0.1) is 23.8 Å². The van der Waals surface area contributed by atoms with Gasteiger partial charge < -0.3 is 15.5 Å². The molecule has 8 nitrogen and oxygen atoms in total. The molecule has 234 valence electrons. The lowest BCUT2D eigenvalue weighted by molar-refractivity contribution is -0.142. The highest BCUT2D eigenvalue weighted by molar-refractivity contribution is 5.94. The summed E-state index contributed by atoms with van der Waals surface area (Å²) in [4.78, 5) is 40.3. The Morgan fingerprint density at radius 2 is 1.72 bits per heavy atom. The van der Waals surface area contributed by atoms with Gasteiger partial charge in [-0.2, -0.15) is 18.3 Å². The molecule has 0 spiro atoms. The smallest absolute Gasteiger partial charge is 0.353 e. The van der Waals surface area contributed by atoms with Crippen LogP contribution in [0.4, 0.5) is 22.0 Å². The van der Waals surface area contributed by atoms with Crippen molar-refractivity contribution >= 4 is 17.7 Å². The van der Waals surface area contributed by atoms with Crippen molar-refractivity contribution in [1.82, 2.24) is 25.3 Å². The molecular weight excluding hydrogens is 573 g/mol. The van der Waals surface area contributed by atoms with Crippen molar-refractivity contribution in [2.75, 3.05) is 13.1 Å². The van der Waals surface area contributed by atoms with E-state index in [2.05, 4.69) is 15.7 Å². The number of rotatable bonds is 9. The van der Waals surface area contributed by atoms with Crippen LogP contribution in [0.1, 0.15) is 92.7 Å². The maximum Gasteiger partial charge on any atom is 0.417 e. The number of amides is 3. The van der Waals surface area contributed by atoms with Crippen molar-refractivity contribution in [3.05, 3.63) is 41.6 Å². The molecule has 3 aliphatic rings. The Balaban J connectivity index is 1.39. The first-order chi connectivity index (χ1) is 20.4. The second kappa shape index (κ2) is 12.6. The lowest BCUT2D eigenvalue weighted by Crippen LogP contribution is -2.49. The zero-order valence-corrected chi connectivity index (χ0v) is 23.8. The molecule has 3 fully saturated rings. The lowest BCUT2D eigenvalue weighted by Gasteiger charge is -2.33. The molecule has 2 aromatic rings. The third kappa shape index (κ3) is 7.53. The second-order valence-electron chi connectivity index (χ2n) is 11.9. The Bertz CT molecular complexity index is 1330. The van der Waals surface area contributed by atoms with Gasteiger partial charge in [0.1, 0.15) is 0 Å². The van der Waals surface area contributed by atoms with Gasteiger partial charge in [-0.25, -0.2) is 8.78 Å². The van der Waals surface area contributed by atoms with Crippen LogP contribution in [0.2, 0.25) is 0 Å². The molecule has 1 aromatic heterocycles. The molecule has 1 atom stereocenters. The second-order valence-corrected chi connectivity index (χ2v) is 11.9. The highest BCUT2D eigenvalue weighted by Crippen LogP contribution is 2.40. The normalized spacial score (nSPS) is 20.0. The molecule has 0 radical (unpaired) electrons. The number of alkyl halides is 5. The van der Waals surface area contributed by atoms with Gasteiger partial charge in [0, 0.05) is 43.5 Å². The first-order valence-corrected chi connectivity index (χ1v) is 14.9. The molecule has 1 aromatic carbocycles. The van der Waals surface area contributed by atoms with E-state index < -0.39 is 42.1 Å². The summed E-state index contributed by atoms with van der Waals surface area (Å²) in [5, 5.41) is 9.94. The van der Waals surface area contributed by atoms with Crippen LogP contribution in [-0.4, -0.2) is 63.5 Å². The number of likely N-dealkylation sites (tertiary alicyclic amines) is 1. The molecule has 2 saturated carbocycles. The van der Waals surface area contributed by atoms with E-state index in [9.17, 15) is 36.3 Å². The van der Waals surface area contributed by atoms with E-state index >= 15 is 0 Å².